The van der Waals surface area contributed by atoms with Gasteiger partial charge in [-0.1, -0.05) is 6.92 Å². The molecule has 0 N–H and O–H groups in total. The third-order valence-corrected chi connectivity index (χ3v) is 1.42. The van der Waals surface area contributed by atoms with Crippen LogP contribution in [0.5, 0.6) is 0 Å². The molecular weight excluding hydrogens is 116 g/mol. The summed E-state index contributed by atoms with van der Waals surface area (Å²) in [6, 6.07) is 0. The Morgan fingerprint density at radius 1 is 1.78 bits per heavy atom. The van der Waals surface area contributed by atoms with Crippen molar-refractivity contribution in [3.63, 3.8) is 0 Å². The number of hydrogen-bond acceptors (Lipinski definition) is 2. The summed E-state index contributed by atoms with van der Waals surface area (Å²) in [5.74, 6) is 0.104. The first kappa shape index (κ1) is 6.26. The number of amides is 1. The van der Waals surface area contributed by atoms with Crippen LogP contribution < -0.4 is 0 Å². The van der Waals surface area contributed by atoms with Gasteiger partial charge in [-0.05, 0) is 6.42 Å². The van der Waals surface area contributed by atoms with E-state index < -0.39 is 0 Å². The van der Waals surface area contributed by atoms with E-state index >= 15 is 0 Å². The van der Waals surface area contributed by atoms with Gasteiger partial charge in [-0.2, -0.15) is 5.10 Å². The molecule has 0 aliphatic carbocycles. The molecule has 1 aliphatic heterocycles. The molecule has 0 aromatic rings. The summed E-state index contributed by atoms with van der Waals surface area (Å²) in [6.07, 6.45) is 1.41. The number of carbonyl (C=O) groups is 1. The average Bonchev–Trinajstić information content (AvgIpc) is 2.13. The van der Waals surface area contributed by atoms with Crippen molar-refractivity contribution in [1.82, 2.24) is 5.01 Å². The zero-order chi connectivity index (χ0) is 6.85. The molecule has 0 bridgehead atoms. The summed E-state index contributed by atoms with van der Waals surface area (Å²) >= 11 is 0. The molecule has 0 aromatic heterocycles. The third kappa shape index (κ3) is 1.09. The zero-order valence-corrected chi connectivity index (χ0v) is 5.72. The second kappa shape index (κ2) is 2.17. The Balaban J connectivity index is 2.62. The maximum atomic E-state index is 10.8. The molecule has 0 saturated carbocycles. The Bertz CT molecular complexity index is 162. The fourth-order valence-electron chi connectivity index (χ4n) is 0.788. The molecule has 1 aliphatic rings. The number of hydrazone groups is 1. The Labute approximate surface area is 54.3 Å². The topological polar surface area (TPSA) is 32.7 Å². The highest BCUT2D eigenvalue weighted by molar-refractivity contribution is 6.04. The molecule has 1 amide bonds. The monoisotopic (exact) mass is 126 g/mol. The van der Waals surface area contributed by atoms with E-state index in [2.05, 4.69) is 5.10 Å². The van der Waals surface area contributed by atoms with Crippen LogP contribution in [0.4, 0.5) is 0 Å². The van der Waals surface area contributed by atoms with Crippen LogP contribution in [0.25, 0.3) is 0 Å². The van der Waals surface area contributed by atoms with E-state index in [1.54, 1.807) is 7.05 Å². The van der Waals surface area contributed by atoms with Gasteiger partial charge in [-0.15, -0.1) is 0 Å². The molecule has 3 nitrogen and oxygen atoms in total. The molecule has 0 unspecified atom stereocenters. The van der Waals surface area contributed by atoms with Crippen LogP contribution in [0.15, 0.2) is 5.10 Å². The van der Waals surface area contributed by atoms with Crippen molar-refractivity contribution in [2.24, 2.45) is 5.10 Å². The fourth-order valence-corrected chi connectivity index (χ4v) is 0.788. The van der Waals surface area contributed by atoms with Crippen LogP contribution in [0.1, 0.15) is 19.8 Å². The van der Waals surface area contributed by atoms with Gasteiger partial charge in [0.2, 0.25) is 5.91 Å². The first-order chi connectivity index (χ1) is 4.24. The Morgan fingerprint density at radius 3 is 2.67 bits per heavy atom. The second-order valence-electron chi connectivity index (χ2n) is 2.11. The Kier molecular flexibility index (Phi) is 1.51. The summed E-state index contributed by atoms with van der Waals surface area (Å²) in [4.78, 5) is 10.8. The lowest BCUT2D eigenvalue weighted by atomic mass is 10.2. The predicted octanol–water partition coefficient (Wildman–Crippen LogP) is 0.614. The highest BCUT2D eigenvalue weighted by atomic mass is 16.2. The van der Waals surface area contributed by atoms with Crippen LogP contribution in [-0.4, -0.2) is 23.7 Å². The van der Waals surface area contributed by atoms with Crippen molar-refractivity contribution in [1.29, 1.82) is 0 Å². The molecule has 0 atom stereocenters. The summed E-state index contributed by atoms with van der Waals surface area (Å²) in [6.45, 7) is 2.01. The summed E-state index contributed by atoms with van der Waals surface area (Å²) < 4.78 is 0. The van der Waals surface area contributed by atoms with E-state index in [1.165, 1.54) is 5.01 Å². The van der Waals surface area contributed by atoms with E-state index in [0.29, 0.717) is 6.42 Å². The summed E-state index contributed by atoms with van der Waals surface area (Å²) in [5.41, 5.74) is 0.988. The van der Waals surface area contributed by atoms with E-state index in [-0.39, 0.29) is 5.91 Å². The third-order valence-electron chi connectivity index (χ3n) is 1.42. The van der Waals surface area contributed by atoms with Gasteiger partial charge in [0, 0.05) is 12.8 Å². The highest BCUT2D eigenvalue weighted by Crippen LogP contribution is 2.06. The van der Waals surface area contributed by atoms with Gasteiger partial charge in [0.15, 0.2) is 0 Å². The molecule has 0 saturated heterocycles. The van der Waals surface area contributed by atoms with Crippen molar-refractivity contribution in [2.75, 3.05) is 7.05 Å². The van der Waals surface area contributed by atoms with Gasteiger partial charge in [0.05, 0.1) is 6.42 Å². The molecule has 0 fully saturated rings. The van der Waals surface area contributed by atoms with Crippen molar-refractivity contribution in [3.8, 4) is 0 Å². The minimum Gasteiger partial charge on any atom is -0.273 e. The van der Waals surface area contributed by atoms with Crippen molar-refractivity contribution >= 4 is 11.6 Å². The van der Waals surface area contributed by atoms with Gasteiger partial charge in [-0.25, -0.2) is 5.01 Å². The maximum Gasteiger partial charge on any atom is 0.248 e. The Hall–Kier alpha value is -0.860. The number of hydrogen-bond donors (Lipinski definition) is 0. The standard InChI is InChI=1S/C6H10N2O/c1-3-5-4-6(9)8(2)7-5/h3-4H2,1-2H3. The van der Waals surface area contributed by atoms with Gasteiger partial charge >= 0.3 is 0 Å². The number of carbonyl (C=O) groups excluding carboxylic acids is 1. The lowest BCUT2D eigenvalue weighted by molar-refractivity contribution is -0.127. The van der Waals surface area contributed by atoms with Crippen molar-refractivity contribution in [2.45, 2.75) is 19.8 Å². The molecule has 0 spiro atoms. The molecule has 3 heteroatoms. The fraction of sp³-hybridized carbons (Fsp3) is 0.667. The van der Waals surface area contributed by atoms with Gasteiger partial charge in [0.25, 0.3) is 0 Å². The number of rotatable bonds is 1. The molecule has 9 heavy (non-hydrogen) atoms. The molecule has 50 valence electrons. The summed E-state index contributed by atoms with van der Waals surface area (Å²) in [5, 5.41) is 5.39. The smallest absolute Gasteiger partial charge is 0.248 e. The number of nitrogens with zero attached hydrogens (tertiary/aromatic N) is 2. The van der Waals surface area contributed by atoms with Crippen LogP contribution >= 0.6 is 0 Å². The SMILES string of the molecule is CCC1=NN(C)C(=O)C1. The zero-order valence-electron chi connectivity index (χ0n) is 5.72. The molecule has 0 radical (unpaired) electrons. The van der Waals surface area contributed by atoms with E-state index in [0.717, 1.165) is 12.1 Å². The maximum absolute atomic E-state index is 10.8. The van der Waals surface area contributed by atoms with Crippen LogP contribution in [0, 0.1) is 0 Å². The second-order valence-corrected chi connectivity index (χ2v) is 2.11. The first-order valence-electron chi connectivity index (χ1n) is 3.07. The van der Waals surface area contributed by atoms with Crippen LogP contribution in [0.3, 0.4) is 0 Å². The molecule has 0 aromatic carbocycles. The highest BCUT2D eigenvalue weighted by Gasteiger charge is 2.17. The largest absolute Gasteiger partial charge is 0.273 e. The lowest BCUT2D eigenvalue weighted by Gasteiger charge is -1.98. The van der Waals surface area contributed by atoms with Crippen molar-refractivity contribution < 1.29 is 4.79 Å². The minimum absolute atomic E-state index is 0.104. The average molecular weight is 126 g/mol. The van der Waals surface area contributed by atoms with Gasteiger partial charge in [0.1, 0.15) is 0 Å². The Morgan fingerprint density at radius 2 is 2.44 bits per heavy atom. The predicted molar refractivity (Wildman–Crippen MR) is 35.1 cm³/mol. The quantitative estimate of drug-likeness (QED) is 0.506. The molecular formula is C6H10N2O. The molecule has 1 heterocycles. The minimum atomic E-state index is 0.104. The van der Waals surface area contributed by atoms with Crippen LogP contribution in [0.2, 0.25) is 0 Å². The van der Waals surface area contributed by atoms with Crippen LogP contribution in [-0.2, 0) is 4.79 Å². The summed E-state index contributed by atoms with van der Waals surface area (Å²) in [7, 11) is 1.69. The van der Waals surface area contributed by atoms with Crippen molar-refractivity contribution in [3.05, 3.63) is 0 Å². The van der Waals surface area contributed by atoms with E-state index in [4.69, 9.17) is 0 Å². The van der Waals surface area contributed by atoms with Gasteiger partial charge < -0.3 is 0 Å². The normalized spacial score (nSPS) is 18.7. The van der Waals surface area contributed by atoms with E-state index in [9.17, 15) is 4.79 Å². The van der Waals surface area contributed by atoms with Gasteiger partial charge in [-0.3, -0.25) is 4.79 Å². The van der Waals surface area contributed by atoms with E-state index in [1.807, 2.05) is 6.92 Å². The lowest BCUT2D eigenvalue weighted by Crippen LogP contribution is -2.13. The molecule has 1 rings (SSSR count). The first-order valence-corrected chi connectivity index (χ1v) is 3.07.